The number of para-hydroxylation sites is 1. The molecule has 1 aromatic rings. The molecule has 2 aliphatic rings. The summed E-state index contributed by atoms with van der Waals surface area (Å²) in [6.07, 6.45) is 5.47. The predicted octanol–water partition coefficient (Wildman–Crippen LogP) is 4.42. The second-order valence-corrected chi connectivity index (χ2v) is 7.14. The molecule has 0 aromatic heterocycles. The number of aliphatic imine (C=N–C) groups is 1. The largest absolute Gasteiger partial charge is 0.284 e. The van der Waals surface area contributed by atoms with E-state index in [1.807, 2.05) is 18.3 Å². The van der Waals surface area contributed by atoms with Crippen LogP contribution in [-0.2, 0) is 4.84 Å². The maximum absolute atomic E-state index is 6.39. The highest BCUT2D eigenvalue weighted by molar-refractivity contribution is 5.79. The lowest BCUT2D eigenvalue weighted by Gasteiger charge is -2.52. The van der Waals surface area contributed by atoms with Gasteiger partial charge in [0.1, 0.15) is 6.10 Å². The van der Waals surface area contributed by atoms with E-state index in [9.17, 15) is 0 Å². The molecule has 0 spiro atoms. The van der Waals surface area contributed by atoms with Crippen LogP contribution in [-0.4, -0.2) is 22.4 Å². The van der Waals surface area contributed by atoms with E-state index >= 15 is 0 Å². The van der Waals surface area contributed by atoms with Gasteiger partial charge in [-0.05, 0) is 53.0 Å². The molecule has 1 unspecified atom stereocenters. The summed E-state index contributed by atoms with van der Waals surface area (Å²) < 4.78 is 0. The maximum atomic E-state index is 6.39. The van der Waals surface area contributed by atoms with E-state index in [0.29, 0.717) is 0 Å². The number of hydroxylamine groups is 2. The first-order valence-corrected chi connectivity index (χ1v) is 7.50. The van der Waals surface area contributed by atoms with E-state index in [-0.39, 0.29) is 17.2 Å². The summed E-state index contributed by atoms with van der Waals surface area (Å²) in [5, 5.41) is 2.21. The van der Waals surface area contributed by atoms with Gasteiger partial charge in [-0.15, -0.1) is 0 Å². The molecule has 2 heterocycles. The van der Waals surface area contributed by atoms with Gasteiger partial charge in [-0.1, -0.05) is 18.2 Å². The highest BCUT2D eigenvalue weighted by Gasteiger charge is 2.44. The second kappa shape index (κ2) is 4.68. The SMILES string of the molecule is CC1(C)CCCC(C)(C)N1OC1C=Nc2ccccc21. The van der Waals surface area contributed by atoms with Crippen molar-refractivity contribution in [3.05, 3.63) is 29.8 Å². The molecule has 0 amide bonds. The Morgan fingerprint density at radius 3 is 2.45 bits per heavy atom. The number of hydrogen-bond acceptors (Lipinski definition) is 3. The van der Waals surface area contributed by atoms with Gasteiger partial charge in [0.2, 0.25) is 0 Å². The fraction of sp³-hybridized carbons (Fsp3) is 0.588. The Labute approximate surface area is 121 Å². The summed E-state index contributed by atoms with van der Waals surface area (Å²) >= 11 is 0. The van der Waals surface area contributed by atoms with Gasteiger partial charge in [-0.3, -0.25) is 9.83 Å². The van der Waals surface area contributed by atoms with Gasteiger partial charge in [0.15, 0.2) is 0 Å². The summed E-state index contributed by atoms with van der Waals surface area (Å²) in [4.78, 5) is 10.9. The topological polar surface area (TPSA) is 24.8 Å². The number of fused-ring (bicyclic) bond motifs is 1. The number of nitrogens with zero attached hydrogens (tertiary/aromatic N) is 2. The van der Waals surface area contributed by atoms with E-state index in [4.69, 9.17) is 4.84 Å². The molecule has 0 N–H and O–H groups in total. The van der Waals surface area contributed by atoms with Gasteiger partial charge in [-0.25, -0.2) is 0 Å². The Bertz CT molecular complexity index is 518. The van der Waals surface area contributed by atoms with Gasteiger partial charge >= 0.3 is 0 Å². The zero-order valence-corrected chi connectivity index (χ0v) is 12.9. The van der Waals surface area contributed by atoms with Crippen LogP contribution in [0, 0.1) is 0 Å². The van der Waals surface area contributed by atoms with Crippen molar-refractivity contribution >= 4 is 11.9 Å². The molecule has 1 saturated heterocycles. The molecule has 1 atom stereocenters. The first-order chi connectivity index (χ1) is 9.40. The van der Waals surface area contributed by atoms with Crippen molar-refractivity contribution in [3.8, 4) is 0 Å². The van der Waals surface area contributed by atoms with E-state index in [1.54, 1.807) is 0 Å². The van der Waals surface area contributed by atoms with Crippen LogP contribution in [0.2, 0.25) is 0 Å². The molecule has 0 saturated carbocycles. The number of rotatable bonds is 2. The third kappa shape index (κ3) is 2.29. The zero-order valence-electron chi connectivity index (χ0n) is 12.9. The van der Waals surface area contributed by atoms with Crippen LogP contribution in [0.5, 0.6) is 0 Å². The second-order valence-electron chi connectivity index (χ2n) is 7.14. The highest BCUT2D eigenvalue weighted by Crippen LogP contribution is 2.42. The van der Waals surface area contributed by atoms with E-state index in [0.717, 1.165) is 5.69 Å². The van der Waals surface area contributed by atoms with Crippen molar-refractivity contribution in [3.63, 3.8) is 0 Å². The molecule has 0 radical (unpaired) electrons. The quantitative estimate of drug-likeness (QED) is 0.796. The third-order valence-corrected chi connectivity index (χ3v) is 4.49. The molecule has 1 fully saturated rings. The molecule has 0 bridgehead atoms. The summed E-state index contributed by atoms with van der Waals surface area (Å²) in [5.74, 6) is 0. The molecular formula is C17H24N2O. The van der Waals surface area contributed by atoms with Crippen molar-refractivity contribution < 1.29 is 4.84 Å². The standard InChI is InChI=1S/C17H24N2O/c1-16(2)10-7-11-17(3,4)19(16)20-15-12-18-14-9-6-5-8-13(14)15/h5-6,8-9,12,15H,7,10-11H2,1-4H3. The van der Waals surface area contributed by atoms with Crippen LogP contribution in [0.15, 0.2) is 29.3 Å². The first-order valence-electron chi connectivity index (χ1n) is 7.50. The van der Waals surface area contributed by atoms with Crippen LogP contribution in [0.1, 0.15) is 58.6 Å². The zero-order chi connectivity index (χ0) is 14.4. The lowest BCUT2D eigenvalue weighted by molar-refractivity contribution is -0.293. The van der Waals surface area contributed by atoms with Crippen molar-refractivity contribution in [1.29, 1.82) is 0 Å². The minimum absolute atomic E-state index is 0.0529. The van der Waals surface area contributed by atoms with Crippen LogP contribution in [0.4, 0.5) is 5.69 Å². The number of benzene rings is 1. The summed E-state index contributed by atoms with van der Waals surface area (Å²) in [5.41, 5.74) is 2.33. The average Bonchev–Trinajstić information content (AvgIpc) is 2.77. The fourth-order valence-corrected chi connectivity index (χ4v) is 3.53. The molecule has 3 rings (SSSR count). The lowest BCUT2D eigenvalue weighted by Crippen LogP contribution is -2.58. The fourth-order valence-electron chi connectivity index (χ4n) is 3.53. The molecular weight excluding hydrogens is 248 g/mol. The van der Waals surface area contributed by atoms with Crippen molar-refractivity contribution in [2.45, 2.75) is 64.1 Å². The lowest BCUT2D eigenvalue weighted by atomic mass is 9.82. The van der Waals surface area contributed by atoms with Gasteiger partial charge in [0, 0.05) is 22.9 Å². The normalized spacial score (nSPS) is 27.5. The average molecular weight is 272 g/mol. The van der Waals surface area contributed by atoms with Crippen molar-refractivity contribution in [1.82, 2.24) is 5.06 Å². The molecule has 0 aliphatic carbocycles. The summed E-state index contributed by atoms with van der Waals surface area (Å²) in [6, 6.07) is 8.22. The molecule has 20 heavy (non-hydrogen) atoms. The van der Waals surface area contributed by atoms with Gasteiger partial charge < -0.3 is 0 Å². The Balaban J connectivity index is 1.85. The monoisotopic (exact) mass is 272 g/mol. The Morgan fingerprint density at radius 1 is 1.10 bits per heavy atom. The third-order valence-electron chi connectivity index (χ3n) is 4.49. The van der Waals surface area contributed by atoms with Gasteiger partial charge in [0.25, 0.3) is 0 Å². The van der Waals surface area contributed by atoms with Gasteiger partial charge in [0.05, 0.1) is 5.69 Å². The Morgan fingerprint density at radius 2 is 1.75 bits per heavy atom. The van der Waals surface area contributed by atoms with Crippen LogP contribution in [0.25, 0.3) is 0 Å². The number of hydrogen-bond donors (Lipinski definition) is 0. The van der Waals surface area contributed by atoms with Crippen LogP contribution < -0.4 is 0 Å². The summed E-state index contributed by atoms with van der Waals surface area (Å²) in [7, 11) is 0. The van der Waals surface area contributed by atoms with Crippen LogP contribution in [0.3, 0.4) is 0 Å². The Kier molecular flexibility index (Phi) is 3.22. The molecule has 3 heteroatoms. The molecule has 2 aliphatic heterocycles. The predicted molar refractivity (Wildman–Crippen MR) is 82.3 cm³/mol. The van der Waals surface area contributed by atoms with Crippen molar-refractivity contribution in [2.75, 3.05) is 0 Å². The van der Waals surface area contributed by atoms with E-state index in [1.165, 1.54) is 24.8 Å². The maximum Gasteiger partial charge on any atom is 0.142 e. The van der Waals surface area contributed by atoms with Crippen molar-refractivity contribution in [2.24, 2.45) is 4.99 Å². The van der Waals surface area contributed by atoms with Gasteiger partial charge in [-0.2, -0.15) is 5.06 Å². The molecule has 108 valence electrons. The minimum Gasteiger partial charge on any atom is -0.284 e. The van der Waals surface area contributed by atoms with E-state index < -0.39 is 0 Å². The van der Waals surface area contributed by atoms with Crippen LogP contribution >= 0.6 is 0 Å². The smallest absolute Gasteiger partial charge is 0.142 e. The Hall–Kier alpha value is -1.19. The van der Waals surface area contributed by atoms with E-state index in [2.05, 4.69) is 49.9 Å². The highest BCUT2D eigenvalue weighted by atomic mass is 16.7. The first kappa shape index (κ1) is 13.8. The molecule has 3 nitrogen and oxygen atoms in total. The minimum atomic E-state index is -0.0529. The number of piperidine rings is 1. The summed E-state index contributed by atoms with van der Waals surface area (Å²) in [6.45, 7) is 9.08. The molecule has 1 aromatic carbocycles.